The van der Waals surface area contributed by atoms with Crippen LogP contribution < -0.4 is 66.3 Å². The van der Waals surface area contributed by atoms with Gasteiger partial charge in [-0.15, -0.1) is 0 Å². The zero-order valence-electron chi connectivity index (χ0n) is 12.5. The van der Waals surface area contributed by atoms with E-state index in [4.69, 9.17) is 9.47 Å². The molecule has 0 radical (unpaired) electrons. The third kappa shape index (κ3) is 6.85. The van der Waals surface area contributed by atoms with Crippen LogP contribution in [-0.2, 0) is 0 Å². The van der Waals surface area contributed by atoms with Gasteiger partial charge >= 0.3 is 58.4 Å². The molecule has 0 N–H and O–H groups in total. The summed E-state index contributed by atoms with van der Waals surface area (Å²) in [5.74, 6) is 0.589. The Labute approximate surface area is 160 Å². The molecular formula is C13H19BF3KO2. The summed E-state index contributed by atoms with van der Waals surface area (Å²) in [5.41, 5.74) is -0.733. The fraction of sp³-hybridized carbons (Fsp3) is 0.538. The maximum absolute atomic E-state index is 12.9. The molecule has 0 unspecified atom stereocenters. The van der Waals surface area contributed by atoms with Crippen LogP contribution in [0.1, 0.15) is 26.7 Å². The van der Waals surface area contributed by atoms with E-state index >= 15 is 0 Å². The van der Waals surface area contributed by atoms with Crippen LogP contribution in [0.3, 0.4) is 0 Å². The Hall–Kier alpha value is 0.311. The summed E-state index contributed by atoms with van der Waals surface area (Å²) in [6.45, 7) is -0.675. The monoisotopic (exact) mass is 314 g/mol. The summed E-state index contributed by atoms with van der Waals surface area (Å²) in [4.78, 5) is 0. The minimum Gasteiger partial charge on any atom is -0.497 e. The summed E-state index contributed by atoms with van der Waals surface area (Å²) in [6, 6.07) is 3.78. The van der Waals surface area contributed by atoms with Gasteiger partial charge in [0.25, 0.3) is 0 Å². The van der Waals surface area contributed by atoms with Crippen LogP contribution in [0, 0.1) is 5.92 Å². The molecule has 0 atom stereocenters. The van der Waals surface area contributed by atoms with E-state index in [-0.39, 0.29) is 62.9 Å². The zero-order chi connectivity index (χ0) is 14.5. The fourth-order valence-corrected chi connectivity index (χ4v) is 1.71. The van der Waals surface area contributed by atoms with E-state index in [0.29, 0.717) is 12.5 Å². The first-order valence-electron chi connectivity index (χ1n) is 6.35. The van der Waals surface area contributed by atoms with Crippen LogP contribution in [0.25, 0.3) is 0 Å². The molecule has 1 aromatic carbocycles. The summed E-state index contributed by atoms with van der Waals surface area (Å²) in [5, 5.41) is 0. The van der Waals surface area contributed by atoms with Gasteiger partial charge in [0, 0.05) is 0 Å². The first-order chi connectivity index (χ1) is 8.84. The van der Waals surface area contributed by atoms with Crippen molar-refractivity contribution in [3.05, 3.63) is 18.2 Å². The predicted octanol–water partition coefficient (Wildman–Crippen LogP) is 0.569. The molecule has 1 aromatic rings. The average Bonchev–Trinajstić information content (AvgIpc) is 2.33. The van der Waals surface area contributed by atoms with Crippen LogP contribution in [-0.4, -0.2) is 20.7 Å². The van der Waals surface area contributed by atoms with Gasteiger partial charge in [0.15, 0.2) is 0 Å². The van der Waals surface area contributed by atoms with Crippen molar-refractivity contribution in [2.24, 2.45) is 5.92 Å². The van der Waals surface area contributed by atoms with Gasteiger partial charge in [0.2, 0.25) is 0 Å². The first kappa shape index (κ1) is 20.3. The number of hydrogen-bond acceptors (Lipinski definition) is 2. The summed E-state index contributed by atoms with van der Waals surface area (Å²) < 4.78 is 48.9. The van der Waals surface area contributed by atoms with Gasteiger partial charge in [-0.3, -0.25) is 0 Å². The second-order valence-electron chi connectivity index (χ2n) is 4.86. The van der Waals surface area contributed by atoms with E-state index in [1.54, 1.807) is 0 Å². The SMILES string of the molecule is COc1ccc(OCCCC(C)C)c([B-](F)(F)F)c1.[K+]. The Morgan fingerprint density at radius 2 is 1.85 bits per heavy atom. The summed E-state index contributed by atoms with van der Waals surface area (Å²) >= 11 is 0. The maximum atomic E-state index is 12.9. The summed E-state index contributed by atoms with van der Waals surface area (Å²) in [7, 11) is 1.34. The number of halogens is 3. The molecule has 108 valence electrons. The number of rotatable bonds is 7. The minimum absolute atomic E-state index is 0. The molecule has 20 heavy (non-hydrogen) atoms. The van der Waals surface area contributed by atoms with Gasteiger partial charge in [-0.1, -0.05) is 19.3 Å². The quantitative estimate of drug-likeness (QED) is 0.541. The predicted molar refractivity (Wildman–Crippen MR) is 71.3 cm³/mol. The normalized spacial score (nSPS) is 11.2. The zero-order valence-corrected chi connectivity index (χ0v) is 15.6. The Kier molecular flexibility index (Phi) is 9.50. The Morgan fingerprint density at radius 1 is 1.20 bits per heavy atom. The van der Waals surface area contributed by atoms with E-state index in [1.807, 2.05) is 0 Å². The largest absolute Gasteiger partial charge is 1.00 e. The van der Waals surface area contributed by atoms with Crippen molar-refractivity contribution in [1.29, 1.82) is 0 Å². The standard InChI is InChI=1S/C13H19BF3O2.K/c1-10(2)5-4-8-19-13-7-6-11(18-3)9-12(13)14(15,16)17;/h6-7,9-10H,4-5,8H2,1-3H3;/q-1;+1. The molecule has 0 fully saturated rings. The molecule has 0 saturated carbocycles. The molecule has 0 aliphatic carbocycles. The van der Waals surface area contributed by atoms with Gasteiger partial charge in [-0.2, -0.15) is 0 Å². The van der Waals surface area contributed by atoms with Crippen LogP contribution >= 0.6 is 0 Å². The van der Waals surface area contributed by atoms with Crippen molar-refractivity contribution in [2.45, 2.75) is 26.7 Å². The smallest absolute Gasteiger partial charge is 0.497 e. The number of benzene rings is 1. The van der Waals surface area contributed by atoms with Gasteiger partial charge in [-0.25, -0.2) is 0 Å². The number of ether oxygens (including phenoxy) is 2. The minimum atomic E-state index is -5.10. The van der Waals surface area contributed by atoms with E-state index in [1.165, 1.54) is 19.2 Å². The molecular weight excluding hydrogens is 295 g/mol. The maximum Gasteiger partial charge on any atom is 1.00 e. The van der Waals surface area contributed by atoms with Crippen molar-refractivity contribution in [3.8, 4) is 11.5 Å². The van der Waals surface area contributed by atoms with Crippen molar-refractivity contribution < 1.29 is 73.8 Å². The van der Waals surface area contributed by atoms with Gasteiger partial charge in [-0.05, 0) is 37.0 Å². The molecule has 1 rings (SSSR count). The van der Waals surface area contributed by atoms with Crippen molar-refractivity contribution in [1.82, 2.24) is 0 Å². The van der Waals surface area contributed by atoms with E-state index in [2.05, 4.69) is 13.8 Å². The van der Waals surface area contributed by atoms with Crippen LogP contribution in [0.4, 0.5) is 12.9 Å². The average molecular weight is 314 g/mol. The summed E-state index contributed by atoms with van der Waals surface area (Å²) in [6.07, 6.45) is 1.68. The van der Waals surface area contributed by atoms with Crippen LogP contribution in [0.5, 0.6) is 11.5 Å². The van der Waals surface area contributed by atoms with Crippen LogP contribution in [0.15, 0.2) is 18.2 Å². The molecule has 0 amide bonds. The third-order valence-corrected chi connectivity index (χ3v) is 2.75. The second-order valence-corrected chi connectivity index (χ2v) is 4.86. The van der Waals surface area contributed by atoms with Crippen molar-refractivity contribution in [3.63, 3.8) is 0 Å². The fourth-order valence-electron chi connectivity index (χ4n) is 1.71. The first-order valence-corrected chi connectivity index (χ1v) is 6.35. The van der Waals surface area contributed by atoms with E-state index in [0.717, 1.165) is 18.9 Å². The number of methoxy groups -OCH3 is 1. The Balaban J connectivity index is 0.00000361. The molecule has 0 heterocycles. The van der Waals surface area contributed by atoms with Crippen molar-refractivity contribution in [2.75, 3.05) is 13.7 Å². The third-order valence-electron chi connectivity index (χ3n) is 2.75. The topological polar surface area (TPSA) is 18.5 Å². The van der Waals surface area contributed by atoms with E-state index in [9.17, 15) is 12.9 Å². The molecule has 0 aliphatic heterocycles. The van der Waals surface area contributed by atoms with Crippen LogP contribution in [0.2, 0.25) is 0 Å². The molecule has 0 bridgehead atoms. The van der Waals surface area contributed by atoms with Gasteiger partial charge in [0.1, 0.15) is 5.75 Å². The second kappa shape index (κ2) is 9.35. The molecule has 0 aromatic heterocycles. The van der Waals surface area contributed by atoms with E-state index < -0.39 is 12.4 Å². The molecule has 2 nitrogen and oxygen atoms in total. The Morgan fingerprint density at radius 3 is 2.35 bits per heavy atom. The van der Waals surface area contributed by atoms with Crippen molar-refractivity contribution >= 4 is 12.4 Å². The van der Waals surface area contributed by atoms with Gasteiger partial charge < -0.3 is 22.4 Å². The number of hydrogen-bond donors (Lipinski definition) is 0. The van der Waals surface area contributed by atoms with Gasteiger partial charge in [0.05, 0.1) is 19.5 Å². The molecule has 0 spiro atoms. The molecule has 7 heteroatoms. The molecule has 0 aliphatic rings. The molecule has 0 saturated heterocycles. The Bertz CT molecular complexity index is 411.